The molecule has 0 aliphatic carbocycles. The van der Waals surface area contributed by atoms with Gasteiger partial charge in [0, 0.05) is 42.2 Å². The third-order valence-electron chi connectivity index (χ3n) is 4.21. The first-order chi connectivity index (χ1) is 13.8. The van der Waals surface area contributed by atoms with E-state index < -0.39 is 0 Å². The zero-order valence-corrected chi connectivity index (χ0v) is 16.0. The van der Waals surface area contributed by atoms with Gasteiger partial charge < -0.3 is 20.3 Å². The van der Waals surface area contributed by atoms with Crippen LogP contribution < -0.4 is 15.5 Å². The van der Waals surface area contributed by atoms with Crippen LogP contribution in [0.4, 0.5) is 22.5 Å². The molecule has 28 heavy (non-hydrogen) atoms. The van der Waals surface area contributed by atoms with Gasteiger partial charge in [-0.05, 0) is 30.3 Å². The average molecular weight is 396 g/mol. The van der Waals surface area contributed by atoms with Crippen molar-refractivity contribution in [2.75, 3.05) is 41.8 Å². The van der Waals surface area contributed by atoms with Crippen molar-refractivity contribution >= 4 is 39.7 Å². The van der Waals surface area contributed by atoms with Crippen LogP contribution in [0.1, 0.15) is 5.69 Å². The third kappa shape index (κ3) is 4.81. The van der Waals surface area contributed by atoms with E-state index in [9.17, 15) is 4.79 Å². The van der Waals surface area contributed by atoms with Crippen molar-refractivity contribution in [3.8, 4) is 0 Å². The Hall–Kier alpha value is -3.04. The molecule has 144 valence electrons. The van der Waals surface area contributed by atoms with Crippen LogP contribution in [-0.4, -0.2) is 47.2 Å². The summed E-state index contributed by atoms with van der Waals surface area (Å²) in [4.78, 5) is 27.2. The van der Waals surface area contributed by atoms with E-state index in [0.29, 0.717) is 16.8 Å². The second-order valence-corrected chi connectivity index (χ2v) is 7.07. The summed E-state index contributed by atoms with van der Waals surface area (Å²) in [7, 11) is 0. The van der Waals surface area contributed by atoms with Gasteiger partial charge in [-0.2, -0.15) is 0 Å². The van der Waals surface area contributed by atoms with Crippen LogP contribution in [-0.2, 0) is 16.0 Å². The number of thiazole rings is 1. The molecular weight excluding hydrogens is 376 g/mol. The SMILES string of the molecule is O=C(Cc1csc(Nc2ncccn2)n1)Nc1ccc(N2CCOCC2)cc1. The highest BCUT2D eigenvalue weighted by atomic mass is 32.1. The summed E-state index contributed by atoms with van der Waals surface area (Å²) in [6.07, 6.45) is 3.52. The summed E-state index contributed by atoms with van der Waals surface area (Å²) in [6, 6.07) is 9.63. The Bertz CT molecular complexity index is 910. The minimum atomic E-state index is -0.105. The van der Waals surface area contributed by atoms with E-state index in [1.54, 1.807) is 18.5 Å². The summed E-state index contributed by atoms with van der Waals surface area (Å²) < 4.78 is 5.37. The highest BCUT2D eigenvalue weighted by Gasteiger charge is 2.12. The summed E-state index contributed by atoms with van der Waals surface area (Å²) in [6.45, 7) is 3.28. The number of anilines is 4. The number of hydrogen-bond acceptors (Lipinski definition) is 8. The van der Waals surface area contributed by atoms with Gasteiger partial charge in [-0.3, -0.25) is 4.79 Å². The Balaban J connectivity index is 1.30. The number of aromatic nitrogens is 3. The van der Waals surface area contributed by atoms with Gasteiger partial charge in [0.2, 0.25) is 11.9 Å². The van der Waals surface area contributed by atoms with E-state index in [1.807, 2.05) is 29.6 Å². The molecule has 2 aromatic heterocycles. The van der Waals surface area contributed by atoms with Gasteiger partial charge in [0.05, 0.1) is 25.3 Å². The lowest BCUT2D eigenvalue weighted by molar-refractivity contribution is -0.115. The molecule has 2 N–H and O–H groups in total. The fraction of sp³-hybridized carbons (Fsp3) is 0.263. The van der Waals surface area contributed by atoms with Gasteiger partial charge in [0.1, 0.15) is 0 Å². The Morgan fingerprint density at radius 2 is 1.89 bits per heavy atom. The molecule has 1 saturated heterocycles. The molecule has 1 aromatic carbocycles. The largest absolute Gasteiger partial charge is 0.378 e. The van der Waals surface area contributed by atoms with Crippen LogP contribution >= 0.6 is 11.3 Å². The molecule has 0 saturated carbocycles. The van der Waals surface area contributed by atoms with Crippen LogP contribution in [0.5, 0.6) is 0 Å². The zero-order valence-electron chi connectivity index (χ0n) is 15.2. The van der Waals surface area contributed by atoms with Crippen LogP contribution in [0.25, 0.3) is 0 Å². The second kappa shape index (κ2) is 8.77. The first kappa shape index (κ1) is 18.3. The summed E-state index contributed by atoms with van der Waals surface area (Å²) in [5.74, 6) is 0.375. The molecule has 0 unspecified atom stereocenters. The number of carbonyl (C=O) groups excluding carboxylic acids is 1. The molecule has 0 atom stereocenters. The molecule has 1 fully saturated rings. The molecule has 0 radical (unpaired) electrons. The number of morpholine rings is 1. The first-order valence-electron chi connectivity index (χ1n) is 8.97. The molecule has 3 heterocycles. The lowest BCUT2D eigenvalue weighted by atomic mass is 10.2. The number of hydrogen-bond donors (Lipinski definition) is 2. The molecule has 8 nitrogen and oxygen atoms in total. The van der Waals surface area contributed by atoms with Crippen molar-refractivity contribution in [3.63, 3.8) is 0 Å². The number of amides is 1. The van der Waals surface area contributed by atoms with Crippen molar-refractivity contribution in [1.82, 2.24) is 15.0 Å². The van der Waals surface area contributed by atoms with Crippen molar-refractivity contribution in [3.05, 3.63) is 53.8 Å². The van der Waals surface area contributed by atoms with Gasteiger partial charge in [-0.25, -0.2) is 15.0 Å². The summed E-state index contributed by atoms with van der Waals surface area (Å²) >= 11 is 1.41. The van der Waals surface area contributed by atoms with Crippen molar-refractivity contribution in [2.45, 2.75) is 6.42 Å². The maximum Gasteiger partial charge on any atom is 0.230 e. The number of rotatable bonds is 6. The quantitative estimate of drug-likeness (QED) is 0.662. The standard InChI is InChI=1S/C19H20N6O2S/c26-17(12-15-13-28-19(23-15)24-18-20-6-1-7-21-18)22-14-2-4-16(5-3-14)25-8-10-27-11-9-25/h1-7,13H,8-12H2,(H,22,26)(H,20,21,23,24). The number of nitrogens with one attached hydrogen (secondary N) is 2. The highest BCUT2D eigenvalue weighted by molar-refractivity contribution is 7.13. The average Bonchev–Trinajstić information content (AvgIpc) is 3.16. The molecule has 0 spiro atoms. The second-order valence-electron chi connectivity index (χ2n) is 6.21. The van der Waals surface area contributed by atoms with Gasteiger partial charge >= 0.3 is 0 Å². The van der Waals surface area contributed by atoms with E-state index in [0.717, 1.165) is 37.7 Å². The van der Waals surface area contributed by atoms with E-state index in [4.69, 9.17) is 4.74 Å². The van der Waals surface area contributed by atoms with Gasteiger partial charge in [0.15, 0.2) is 5.13 Å². The van der Waals surface area contributed by atoms with Crippen molar-refractivity contribution in [1.29, 1.82) is 0 Å². The molecule has 1 amide bonds. The monoisotopic (exact) mass is 396 g/mol. The summed E-state index contributed by atoms with van der Waals surface area (Å²) in [5.41, 5.74) is 2.61. The van der Waals surface area contributed by atoms with Crippen LogP contribution in [0, 0.1) is 0 Å². The number of nitrogens with zero attached hydrogens (tertiary/aromatic N) is 4. The van der Waals surface area contributed by atoms with Crippen LogP contribution in [0.15, 0.2) is 48.1 Å². The maximum absolute atomic E-state index is 12.3. The summed E-state index contributed by atoms with van der Waals surface area (Å²) in [5, 5.41) is 8.45. The van der Waals surface area contributed by atoms with Crippen LogP contribution in [0.2, 0.25) is 0 Å². The van der Waals surface area contributed by atoms with Crippen molar-refractivity contribution < 1.29 is 9.53 Å². The molecule has 4 rings (SSSR count). The number of ether oxygens (including phenoxy) is 1. The Morgan fingerprint density at radius 3 is 2.64 bits per heavy atom. The first-order valence-corrected chi connectivity index (χ1v) is 9.85. The molecule has 1 aliphatic rings. The smallest absolute Gasteiger partial charge is 0.230 e. The van der Waals surface area contributed by atoms with Gasteiger partial charge in [-0.15, -0.1) is 11.3 Å². The molecule has 9 heteroatoms. The van der Waals surface area contributed by atoms with E-state index in [1.165, 1.54) is 11.3 Å². The predicted molar refractivity (Wildman–Crippen MR) is 109 cm³/mol. The molecular formula is C19H20N6O2S. The minimum absolute atomic E-state index is 0.105. The molecule has 0 bridgehead atoms. The Morgan fingerprint density at radius 1 is 1.14 bits per heavy atom. The molecule has 3 aromatic rings. The van der Waals surface area contributed by atoms with Crippen LogP contribution in [0.3, 0.4) is 0 Å². The topological polar surface area (TPSA) is 92.3 Å². The lowest BCUT2D eigenvalue weighted by Gasteiger charge is -2.28. The number of benzene rings is 1. The fourth-order valence-corrected chi connectivity index (χ4v) is 3.56. The highest BCUT2D eigenvalue weighted by Crippen LogP contribution is 2.21. The lowest BCUT2D eigenvalue weighted by Crippen LogP contribution is -2.36. The van der Waals surface area contributed by atoms with Gasteiger partial charge in [-0.1, -0.05) is 0 Å². The van der Waals surface area contributed by atoms with E-state index >= 15 is 0 Å². The third-order valence-corrected chi connectivity index (χ3v) is 5.01. The number of carbonyl (C=O) groups is 1. The predicted octanol–water partition coefficient (Wildman–Crippen LogP) is 2.69. The zero-order chi connectivity index (χ0) is 19.2. The molecule has 1 aliphatic heterocycles. The van der Waals surface area contributed by atoms with Crippen molar-refractivity contribution in [2.24, 2.45) is 0 Å². The maximum atomic E-state index is 12.3. The van der Waals surface area contributed by atoms with Gasteiger partial charge in [0.25, 0.3) is 0 Å². The fourth-order valence-electron chi connectivity index (χ4n) is 2.85. The Labute approximate surface area is 166 Å². The van der Waals surface area contributed by atoms with E-state index in [2.05, 4.69) is 30.5 Å². The van der Waals surface area contributed by atoms with E-state index in [-0.39, 0.29) is 12.3 Å². The Kier molecular flexibility index (Phi) is 5.74. The normalized spacial score (nSPS) is 13.9. The minimum Gasteiger partial charge on any atom is -0.378 e.